The molecule has 0 atom stereocenters. The molecule has 0 saturated heterocycles. The maximum absolute atomic E-state index is 12.3. The number of terminal acetylenes is 1. The van der Waals surface area contributed by atoms with Crippen LogP contribution in [0.4, 0.5) is 0 Å². The lowest BCUT2D eigenvalue weighted by Gasteiger charge is -2.00. The molecule has 0 saturated carbocycles. The van der Waals surface area contributed by atoms with Crippen molar-refractivity contribution in [2.75, 3.05) is 0 Å². The van der Waals surface area contributed by atoms with Gasteiger partial charge in [0.25, 0.3) is 5.91 Å². The lowest BCUT2D eigenvalue weighted by Crippen LogP contribution is -2.17. The van der Waals surface area contributed by atoms with E-state index in [4.69, 9.17) is 18.0 Å². The molecular weight excluding hydrogens is 340 g/mol. The van der Waals surface area contributed by atoms with Gasteiger partial charge >= 0.3 is 0 Å². The molecule has 3 rings (SSSR count). The van der Waals surface area contributed by atoms with Crippen LogP contribution >= 0.6 is 22.9 Å². The monoisotopic (exact) mass is 354 g/mol. The highest BCUT2D eigenvalue weighted by molar-refractivity contribution is 7.16. The molecule has 0 N–H and O–H groups in total. The summed E-state index contributed by atoms with van der Waals surface area (Å²) in [6.45, 7) is 2.36. The van der Waals surface area contributed by atoms with Gasteiger partial charge in [0.1, 0.15) is 0 Å². The Hall–Kier alpha value is -2.35. The highest BCUT2D eigenvalue weighted by atomic mass is 35.5. The topological polar surface area (TPSA) is 34.4 Å². The number of hydrogen-bond donors (Lipinski definition) is 0. The maximum Gasteiger partial charge on any atom is 0.252 e. The van der Waals surface area contributed by atoms with Crippen LogP contribution in [0.2, 0.25) is 5.02 Å². The summed E-state index contributed by atoms with van der Waals surface area (Å²) in [6.07, 6.45) is 5.73. The number of rotatable bonds is 3. The molecule has 0 bridgehead atoms. The van der Waals surface area contributed by atoms with Crippen molar-refractivity contribution in [3.05, 3.63) is 63.4 Å². The Morgan fingerprint density at radius 3 is 2.92 bits per heavy atom. The van der Waals surface area contributed by atoms with Crippen LogP contribution in [0.5, 0.6) is 0 Å². The average Bonchev–Trinajstić information content (AvgIpc) is 2.84. The summed E-state index contributed by atoms with van der Waals surface area (Å²) >= 11 is 7.46. The van der Waals surface area contributed by atoms with E-state index >= 15 is 0 Å². The van der Waals surface area contributed by atoms with Crippen molar-refractivity contribution in [3.8, 4) is 12.3 Å². The van der Waals surface area contributed by atoms with Gasteiger partial charge in [-0.05, 0) is 30.7 Å². The minimum absolute atomic E-state index is 0.191. The molecule has 24 heavy (non-hydrogen) atoms. The molecule has 0 unspecified atom stereocenters. The third-order valence-electron chi connectivity index (χ3n) is 3.55. The van der Waals surface area contributed by atoms with E-state index in [0.29, 0.717) is 16.4 Å². The SMILES string of the molecule is C#CCn1c(=NC(=O)Cc2cccc(C)c2)sc2cc(Cl)ccc21. The molecule has 0 spiro atoms. The summed E-state index contributed by atoms with van der Waals surface area (Å²) in [5.74, 6) is 2.42. The largest absolute Gasteiger partial charge is 0.305 e. The van der Waals surface area contributed by atoms with E-state index in [1.54, 1.807) is 0 Å². The highest BCUT2D eigenvalue weighted by Crippen LogP contribution is 2.21. The molecule has 0 aliphatic heterocycles. The second-order valence-electron chi connectivity index (χ2n) is 5.46. The number of aromatic nitrogens is 1. The van der Waals surface area contributed by atoms with Crippen LogP contribution in [-0.4, -0.2) is 10.5 Å². The number of thiazole rings is 1. The molecule has 1 heterocycles. The molecule has 5 heteroatoms. The fraction of sp³-hybridized carbons (Fsp3) is 0.158. The van der Waals surface area contributed by atoms with Crippen LogP contribution in [0.15, 0.2) is 47.5 Å². The zero-order valence-electron chi connectivity index (χ0n) is 13.1. The van der Waals surface area contributed by atoms with Crippen molar-refractivity contribution in [2.24, 2.45) is 4.99 Å². The van der Waals surface area contributed by atoms with Gasteiger partial charge in [-0.2, -0.15) is 4.99 Å². The second kappa shape index (κ2) is 7.04. The van der Waals surface area contributed by atoms with Gasteiger partial charge in [0.2, 0.25) is 0 Å². The van der Waals surface area contributed by atoms with Crippen LogP contribution in [-0.2, 0) is 17.8 Å². The van der Waals surface area contributed by atoms with Crippen LogP contribution in [0.1, 0.15) is 11.1 Å². The molecule has 3 nitrogen and oxygen atoms in total. The number of aryl methyl sites for hydroxylation is 1. The van der Waals surface area contributed by atoms with Crippen molar-refractivity contribution in [3.63, 3.8) is 0 Å². The number of hydrogen-bond acceptors (Lipinski definition) is 2. The van der Waals surface area contributed by atoms with E-state index in [1.807, 2.05) is 54.0 Å². The van der Waals surface area contributed by atoms with E-state index in [-0.39, 0.29) is 12.3 Å². The van der Waals surface area contributed by atoms with E-state index in [2.05, 4.69) is 10.9 Å². The molecule has 3 aromatic rings. The molecule has 120 valence electrons. The van der Waals surface area contributed by atoms with Gasteiger partial charge in [0.05, 0.1) is 23.2 Å². The van der Waals surface area contributed by atoms with E-state index in [9.17, 15) is 4.79 Å². The molecule has 1 amide bonds. The third-order valence-corrected chi connectivity index (χ3v) is 4.83. The molecule has 0 aliphatic carbocycles. The summed E-state index contributed by atoms with van der Waals surface area (Å²) in [7, 11) is 0. The van der Waals surface area contributed by atoms with Gasteiger partial charge in [-0.1, -0.05) is 58.7 Å². The quantitative estimate of drug-likeness (QED) is 0.655. The number of fused-ring (bicyclic) bond motifs is 1. The summed E-state index contributed by atoms with van der Waals surface area (Å²) < 4.78 is 2.82. The Balaban J connectivity index is 2.01. The molecule has 2 aromatic carbocycles. The van der Waals surface area contributed by atoms with Crippen molar-refractivity contribution in [1.29, 1.82) is 0 Å². The normalized spacial score (nSPS) is 11.6. The number of carbonyl (C=O) groups excluding carboxylic acids is 1. The first-order valence-corrected chi connectivity index (χ1v) is 8.62. The van der Waals surface area contributed by atoms with Gasteiger partial charge in [0.15, 0.2) is 4.80 Å². The zero-order chi connectivity index (χ0) is 17.1. The van der Waals surface area contributed by atoms with Gasteiger partial charge in [0, 0.05) is 5.02 Å². The second-order valence-corrected chi connectivity index (χ2v) is 6.90. The standard InChI is InChI=1S/C19H15ClN2OS/c1-3-9-22-16-8-7-15(20)12-17(16)24-19(22)21-18(23)11-14-6-4-5-13(2)10-14/h1,4-8,10,12H,9,11H2,2H3. The van der Waals surface area contributed by atoms with Crippen LogP contribution in [0, 0.1) is 19.3 Å². The predicted molar refractivity (Wildman–Crippen MR) is 99.1 cm³/mol. The van der Waals surface area contributed by atoms with Gasteiger partial charge in [-0.3, -0.25) is 4.79 Å². The van der Waals surface area contributed by atoms with Crippen LogP contribution in [0.25, 0.3) is 10.2 Å². The van der Waals surface area contributed by atoms with Crippen LogP contribution < -0.4 is 4.80 Å². The summed E-state index contributed by atoms with van der Waals surface area (Å²) in [5, 5.41) is 0.647. The Labute approximate surface area is 149 Å². The molecule has 0 aliphatic rings. The van der Waals surface area contributed by atoms with E-state index in [1.165, 1.54) is 11.3 Å². The van der Waals surface area contributed by atoms with Gasteiger partial charge in [-0.15, -0.1) is 6.42 Å². The first kappa shape index (κ1) is 16.5. The first-order chi connectivity index (χ1) is 11.6. The molecule has 0 fully saturated rings. The van der Waals surface area contributed by atoms with Crippen molar-refractivity contribution in [1.82, 2.24) is 4.57 Å². The van der Waals surface area contributed by atoms with E-state index in [0.717, 1.165) is 21.3 Å². The number of carbonyl (C=O) groups is 1. The van der Waals surface area contributed by atoms with Gasteiger partial charge < -0.3 is 4.57 Å². The summed E-state index contributed by atoms with van der Waals surface area (Å²) in [4.78, 5) is 17.2. The number of nitrogens with zero attached hydrogens (tertiary/aromatic N) is 2. The minimum atomic E-state index is -0.191. The number of halogens is 1. The van der Waals surface area contributed by atoms with Crippen molar-refractivity contribution in [2.45, 2.75) is 19.9 Å². The van der Waals surface area contributed by atoms with Crippen molar-refractivity contribution >= 4 is 39.1 Å². The Kier molecular flexibility index (Phi) is 4.84. The summed E-state index contributed by atoms with van der Waals surface area (Å²) in [5.41, 5.74) is 3.01. The lowest BCUT2D eigenvalue weighted by molar-refractivity contribution is -0.117. The lowest BCUT2D eigenvalue weighted by atomic mass is 10.1. The maximum atomic E-state index is 12.3. The Morgan fingerprint density at radius 2 is 2.17 bits per heavy atom. The number of amides is 1. The van der Waals surface area contributed by atoms with Crippen LogP contribution in [0.3, 0.4) is 0 Å². The average molecular weight is 355 g/mol. The fourth-order valence-electron chi connectivity index (χ4n) is 2.52. The minimum Gasteiger partial charge on any atom is -0.305 e. The molecule has 1 aromatic heterocycles. The number of benzene rings is 2. The smallest absolute Gasteiger partial charge is 0.252 e. The molecule has 0 radical (unpaired) electrons. The first-order valence-electron chi connectivity index (χ1n) is 7.42. The Bertz CT molecular complexity index is 1020. The zero-order valence-corrected chi connectivity index (χ0v) is 14.7. The summed E-state index contributed by atoms with van der Waals surface area (Å²) in [6, 6.07) is 13.4. The van der Waals surface area contributed by atoms with Gasteiger partial charge in [-0.25, -0.2) is 0 Å². The highest BCUT2D eigenvalue weighted by Gasteiger charge is 2.08. The Morgan fingerprint density at radius 1 is 1.33 bits per heavy atom. The van der Waals surface area contributed by atoms with Crippen molar-refractivity contribution < 1.29 is 4.79 Å². The third kappa shape index (κ3) is 3.59. The van der Waals surface area contributed by atoms with E-state index < -0.39 is 0 Å². The predicted octanol–water partition coefficient (Wildman–Crippen LogP) is 3.97. The molecular formula is C19H15ClN2OS. The fourth-order valence-corrected chi connectivity index (χ4v) is 3.84.